The molecule has 2 rings (SSSR count). The Morgan fingerprint density at radius 3 is 2.35 bits per heavy atom. The van der Waals surface area contributed by atoms with Gasteiger partial charge in [0.05, 0.1) is 6.42 Å². The number of carbonyl (C=O) groups is 3. The van der Waals surface area contributed by atoms with Crippen molar-refractivity contribution in [3.63, 3.8) is 0 Å². The summed E-state index contributed by atoms with van der Waals surface area (Å²) in [5.41, 5.74) is 0.465. The van der Waals surface area contributed by atoms with E-state index >= 15 is 0 Å². The van der Waals surface area contributed by atoms with Gasteiger partial charge in [-0.3, -0.25) is 14.4 Å². The Balaban J connectivity index is 1.71. The summed E-state index contributed by atoms with van der Waals surface area (Å²) in [7, 11) is 0. The second-order valence-electron chi connectivity index (χ2n) is 6.38. The smallest absolute Gasteiger partial charge is 0.308 e. The Bertz CT molecular complexity index is 625. The zero-order valence-electron chi connectivity index (χ0n) is 15.0. The normalized spacial score (nSPS) is 15.7. The van der Waals surface area contributed by atoms with Crippen molar-refractivity contribution in [2.75, 3.05) is 19.6 Å². The Morgan fingerprint density at radius 1 is 1.12 bits per heavy atom. The van der Waals surface area contributed by atoms with Crippen molar-refractivity contribution in [3.05, 3.63) is 34.9 Å². The van der Waals surface area contributed by atoms with Crippen molar-refractivity contribution in [1.29, 1.82) is 0 Å². The molecule has 0 bridgehead atoms. The first kappa shape index (κ1) is 20.2. The van der Waals surface area contributed by atoms with Crippen LogP contribution in [-0.4, -0.2) is 48.4 Å². The van der Waals surface area contributed by atoms with Gasteiger partial charge < -0.3 is 15.0 Å². The quantitative estimate of drug-likeness (QED) is 0.770. The van der Waals surface area contributed by atoms with Crippen molar-refractivity contribution in [3.8, 4) is 0 Å². The summed E-state index contributed by atoms with van der Waals surface area (Å²) in [6.45, 7) is 3.18. The van der Waals surface area contributed by atoms with Gasteiger partial charge in [-0.15, -0.1) is 0 Å². The van der Waals surface area contributed by atoms with Gasteiger partial charge in [0.2, 0.25) is 0 Å². The molecule has 26 heavy (non-hydrogen) atoms. The van der Waals surface area contributed by atoms with Crippen LogP contribution >= 0.6 is 11.6 Å². The summed E-state index contributed by atoms with van der Waals surface area (Å²) in [6.07, 6.45) is 3.45. The lowest BCUT2D eigenvalue weighted by molar-refractivity contribution is -0.159. The van der Waals surface area contributed by atoms with Crippen LogP contribution in [0.1, 0.15) is 49.4 Å². The lowest BCUT2D eigenvalue weighted by atomic mass is 10.2. The fraction of sp³-hybridized carbons (Fsp3) is 0.526. The van der Waals surface area contributed by atoms with Crippen LogP contribution in [0.4, 0.5) is 0 Å². The average Bonchev–Trinajstić information content (AvgIpc) is 2.90. The third-order valence-corrected chi connectivity index (χ3v) is 4.55. The van der Waals surface area contributed by atoms with Crippen molar-refractivity contribution >= 4 is 29.4 Å². The summed E-state index contributed by atoms with van der Waals surface area (Å²) >= 11 is 5.78. The Labute approximate surface area is 158 Å². The van der Waals surface area contributed by atoms with Crippen molar-refractivity contribution in [2.24, 2.45) is 0 Å². The van der Waals surface area contributed by atoms with E-state index in [9.17, 15) is 14.4 Å². The molecule has 6 nitrogen and oxygen atoms in total. The number of esters is 1. The van der Waals surface area contributed by atoms with Crippen molar-refractivity contribution < 1.29 is 19.1 Å². The number of benzene rings is 1. The molecule has 2 amide bonds. The minimum atomic E-state index is -0.799. The third-order valence-electron chi connectivity index (χ3n) is 4.29. The molecule has 1 atom stereocenters. The van der Waals surface area contributed by atoms with Crippen LogP contribution in [0.25, 0.3) is 0 Å². The van der Waals surface area contributed by atoms with Gasteiger partial charge in [-0.05, 0) is 44.0 Å². The van der Waals surface area contributed by atoms with Gasteiger partial charge >= 0.3 is 5.97 Å². The number of rotatable bonds is 6. The topological polar surface area (TPSA) is 75.7 Å². The fourth-order valence-electron chi connectivity index (χ4n) is 2.84. The van der Waals surface area contributed by atoms with Gasteiger partial charge in [-0.25, -0.2) is 0 Å². The maximum absolute atomic E-state index is 12.3. The molecule has 0 spiro atoms. The zero-order chi connectivity index (χ0) is 18.9. The number of nitrogens with zero attached hydrogens (tertiary/aromatic N) is 1. The highest BCUT2D eigenvalue weighted by Gasteiger charge is 2.24. The van der Waals surface area contributed by atoms with Gasteiger partial charge in [-0.1, -0.05) is 24.4 Å². The van der Waals surface area contributed by atoms with Gasteiger partial charge in [0.25, 0.3) is 11.8 Å². The predicted molar refractivity (Wildman–Crippen MR) is 99.0 cm³/mol. The van der Waals surface area contributed by atoms with E-state index in [1.807, 2.05) is 0 Å². The SMILES string of the molecule is C[C@H](OC(=O)CCNC(=O)c1ccc(Cl)cc1)C(=O)N1CCCCCC1. The Morgan fingerprint density at radius 2 is 1.73 bits per heavy atom. The van der Waals surface area contributed by atoms with E-state index < -0.39 is 12.1 Å². The maximum atomic E-state index is 12.3. The fourth-order valence-corrected chi connectivity index (χ4v) is 2.96. The number of hydrogen-bond donors (Lipinski definition) is 1. The van der Waals surface area contributed by atoms with Crippen LogP contribution in [0, 0.1) is 0 Å². The van der Waals surface area contributed by atoms with Crippen LogP contribution < -0.4 is 5.32 Å². The number of hydrogen-bond acceptors (Lipinski definition) is 4. The minimum Gasteiger partial charge on any atom is -0.452 e. The summed E-state index contributed by atoms with van der Waals surface area (Å²) in [6, 6.07) is 6.47. The minimum absolute atomic E-state index is 0.0109. The van der Waals surface area contributed by atoms with E-state index in [4.69, 9.17) is 16.3 Å². The lowest BCUT2D eigenvalue weighted by Gasteiger charge is -2.24. The molecule has 0 saturated carbocycles. The summed E-state index contributed by atoms with van der Waals surface area (Å²) in [5, 5.41) is 3.19. The highest BCUT2D eigenvalue weighted by atomic mass is 35.5. The van der Waals surface area contributed by atoms with Crippen LogP contribution in [0.3, 0.4) is 0 Å². The average molecular weight is 381 g/mol. The number of halogens is 1. The molecule has 1 saturated heterocycles. The maximum Gasteiger partial charge on any atom is 0.308 e. The molecule has 7 heteroatoms. The molecule has 0 aliphatic carbocycles. The molecule has 1 aliphatic heterocycles. The molecule has 0 radical (unpaired) electrons. The van der Waals surface area contributed by atoms with Gasteiger partial charge in [-0.2, -0.15) is 0 Å². The van der Waals surface area contributed by atoms with E-state index in [1.54, 1.807) is 36.1 Å². The molecule has 142 valence electrons. The first-order valence-corrected chi connectivity index (χ1v) is 9.37. The largest absolute Gasteiger partial charge is 0.452 e. The van der Waals surface area contributed by atoms with E-state index in [0.29, 0.717) is 10.6 Å². The molecule has 0 unspecified atom stereocenters. The van der Waals surface area contributed by atoms with Crippen LogP contribution in [0.15, 0.2) is 24.3 Å². The molecule has 1 N–H and O–H groups in total. The van der Waals surface area contributed by atoms with E-state index in [0.717, 1.165) is 38.8 Å². The van der Waals surface area contributed by atoms with E-state index in [2.05, 4.69) is 5.32 Å². The Hall–Kier alpha value is -2.08. The number of likely N-dealkylation sites (tertiary alicyclic amines) is 1. The lowest BCUT2D eigenvalue weighted by Crippen LogP contribution is -2.40. The molecule has 1 fully saturated rings. The highest BCUT2D eigenvalue weighted by Crippen LogP contribution is 2.12. The molecule has 1 heterocycles. The first-order valence-electron chi connectivity index (χ1n) is 8.99. The highest BCUT2D eigenvalue weighted by molar-refractivity contribution is 6.30. The summed E-state index contributed by atoms with van der Waals surface area (Å²) < 4.78 is 5.21. The molecule has 0 aromatic heterocycles. The van der Waals surface area contributed by atoms with Gasteiger partial charge in [0, 0.05) is 30.2 Å². The molecule has 1 aromatic rings. The van der Waals surface area contributed by atoms with E-state index in [1.165, 1.54) is 0 Å². The number of carbonyl (C=O) groups excluding carboxylic acids is 3. The number of nitrogens with one attached hydrogen (secondary N) is 1. The summed E-state index contributed by atoms with van der Waals surface area (Å²) in [5.74, 6) is -0.939. The molecular formula is C19H25ClN2O4. The van der Waals surface area contributed by atoms with Crippen LogP contribution in [0.2, 0.25) is 5.02 Å². The van der Waals surface area contributed by atoms with Crippen molar-refractivity contribution in [1.82, 2.24) is 10.2 Å². The van der Waals surface area contributed by atoms with Gasteiger partial charge in [0.15, 0.2) is 6.10 Å². The first-order chi connectivity index (χ1) is 12.5. The van der Waals surface area contributed by atoms with Gasteiger partial charge in [0.1, 0.15) is 0 Å². The second-order valence-corrected chi connectivity index (χ2v) is 6.82. The second kappa shape index (κ2) is 10.2. The molecule has 1 aliphatic rings. The number of ether oxygens (including phenoxy) is 1. The van der Waals surface area contributed by atoms with E-state index in [-0.39, 0.29) is 24.8 Å². The molecule has 1 aromatic carbocycles. The Kier molecular flexibility index (Phi) is 7.91. The summed E-state index contributed by atoms with van der Waals surface area (Å²) in [4.78, 5) is 38.0. The predicted octanol–water partition coefficient (Wildman–Crippen LogP) is 2.79. The third kappa shape index (κ3) is 6.33. The number of amides is 2. The monoisotopic (exact) mass is 380 g/mol. The zero-order valence-corrected chi connectivity index (χ0v) is 15.8. The molecular weight excluding hydrogens is 356 g/mol. The van der Waals surface area contributed by atoms with Crippen LogP contribution in [-0.2, 0) is 14.3 Å². The van der Waals surface area contributed by atoms with Crippen LogP contribution in [0.5, 0.6) is 0 Å². The standard InChI is InChI=1S/C19H25ClN2O4/c1-14(19(25)22-12-4-2-3-5-13-22)26-17(23)10-11-21-18(24)15-6-8-16(20)9-7-15/h6-9,14H,2-5,10-13H2,1H3,(H,21,24)/t14-/m0/s1. The van der Waals surface area contributed by atoms with Crippen molar-refractivity contribution in [2.45, 2.75) is 45.1 Å².